The number of hydrogen-bond donors (Lipinski definition) is 2. The summed E-state index contributed by atoms with van der Waals surface area (Å²) in [4.78, 5) is 12.0. The fourth-order valence-electron chi connectivity index (χ4n) is 2.17. The van der Waals surface area contributed by atoms with Crippen molar-refractivity contribution in [3.8, 4) is 0 Å². The van der Waals surface area contributed by atoms with Crippen LogP contribution < -0.4 is 11.1 Å². The largest absolute Gasteiger partial charge is 0.345 e. The van der Waals surface area contributed by atoms with Crippen LogP contribution in [0.4, 0.5) is 0 Å². The number of halogens is 1. The monoisotopic (exact) mass is 310 g/mol. The van der Waals surface area contributed by atoms with E-state index in [1.807, 2.05) is 19.1 Å². The van der Waals surface area contributed by atoms with E-state index in [0.29, 0.717) is 0 Å². The second-order valence-electron chi connectivity index (χ2n) is 4.98. The smallest absolute Gasteiger partial charge is 0.237 e. The molecule has 18 heavy (non-hydrogen) atoms. The maximum atomic E-state index is 12.0. The molecule has 0 spiro atoms. The van der Waals surface area contributed by atoms with Gasteiger partial charge in [-0.1, -0.05) is 41.4 Å². The number of amides is 1. The van der Waals surface area contributed by atoms with Crippen molar-refractivity contribution in [2.24, 2.45) is 5.73 Å². The SMILES string of the molecule is CCCC(N)C(=O)NC1(c2cccc(Br)c2)CC1. The number of nitrogens with two attached hydrogens (primary N) is 1. The third-order valence-electron chi connectivity index (χ3n) is 3.43. The summed E-state index contributed by atoms with van der Waals surface area (Å²) in [7, 11) is 0. The molecular weight excluding hydrogens is 292 g/mol. The zero-order valence-corrected chi connectivity index (χ0v) is 12.2. The Hall–Kier alpha value is -0.870. The van der Waals surface area contributed by atoms with Gasteiger partial charge in [-0.15, -0.1) is 0 Å². The van der Waals surface area contributed by atoms with Crippen molar-refractivity contribution < 1.29 is 4.79 Å². The summed E-state index contributed by atoms with van der Waals surface area (Å²) < 4.78 is 1.04. The van der Waals surface area contributed by atoms with Gasteiger partial charge < -0.3 is 11.1 Å². The maximum absolute atomic E-state index is 12.0. The van der Waals surface area contributed by atoms with Crippen molar-refractivity contribution in [1.82, 2.24) is 5.32 Å². The van der Waals surface area contributed by atoms with Crippen LogP contribution in [-0.2, 0) is 10.3 Å². The zero-order valence-electron chi connectivity index (χ0n) is 10.6. The van der Waals surface area contributed by atoms with Crippen LogP contribution in [0.2, 0.25) is 0 Å². The molecule has 1 aliphatic rings. The molecule has 4 heteroatoms. The lowest BCUT2D eigenvalue weighted by atomic mass is 10.0. The summed E-state index contributed by atoms with van der Waals surface area (Å²) in [5, 5.41) is 3.11. The van der Waals surface area contributed by atoms with Gasteiger partial charge >= 0.3 is 0 Å². The summed E-state index contributed by atoms with van der Waals surface area (Å²) >= 11 is 3.47. The van der Waals surface area contributed by atoms with Crippen molar-refractivity contribution >= 4 is 21.8 Å². The van der Waals surface area contributed by atoms with Crippen molar-refractivity contribution in [1.29, 1.82) is 0 Å². The van der Waals surface area contributed by atoms with Crippen molar-refractivity contribution in [3.05, 3.63) is 34.3 Å². The molecule has 0 aliphatic heterocycles. The standard InChI is InChI=1S/C14H19BrN2O/c1-2-4-12(16)13(18)17-14(7-8-14)10-5-3-6-11(15)9-10/h3,5-6,9,12H,2,4,7-8,16H2,1H3,(H,17,18). The minimum atomic E-state index is -0.389. The quantitative estimate of drug-likeness (QED) is 0.878. The van der Waals surface area contributed by atoms with Gasteiger partial charge in [0.1, 0.15) is 0 Å². The number of hydrogen-bond acceptors (Lipinski definition) is 2. The summed E-state index contributed by atoms with van der Waals surface area (Å²) in [5.74, 6) is -0.0330. The third-order valence-corrected chi connectivity index (χ3v) is 3.92. The number of nitrogens with one attached hydrogen (secondary N) is 1. The molecule has 98 valence electrons. The van der Waals surface area contributed by atoms with Crippen LogP contribution in [0.15, 0.2) is 28.7 Å². The summed E-state index contributed by atoms with van der Waals surface area (Å²) in [6.07, 6.45) is 3.65. The Bertz CT molecular complexity index is 443. The van der Waals surface area contributed by atoms with Gasteiger partial charge in [0, 0.05) is 4.47 Å². The van der Waals surface area contributed by atoms with E-state index < -0.39 is 0 Å². The second-order valence-corrected chi connectivity index (χ2v) is 5.89. The first-order valence-corrected chi connectivity index (χ1v) is 7.20. The molecule has 1 unspecified atom stereocenters. The van der Waals surface area contributed by atoms with Gasteiger partial charge in [-0.2, -0.15) is 0 Å². The van der Waals surface area contributed by atoms with Gasteiger partial charge in [-0.3, -0.25) is 4.79 Å². The van der Waals surface area contributed by atoms with Crippen molar-refractivity contribution in [3.63, 3.8) is 0 Å². The number of benzene rings is 1. The highest BCUT2D eigenvalue weighted by Gasteiger charge is 2.46. The Kier molecular flexibility index (Phi) is 4.07. The summed E-state index contributed by atoms with van der Waals surface area (Å²) in [6.45, 7) is 2.04. The first kappa shape index (κ1) is 13.6. The van der Waals surface area contributed by atoms with Crippen LogP contribution in [0, 0.1) is 0 Å². The van der Waals surface area contributed by atoms with Gasteiger partial charge in [-0.25, -0.2) is 0 Å². The molecule has 0 bridgehead atoms. The fraction of sp³-hybridized carbons (Fsp3) is 0.500. The Labute approximate surface area is 116 Å². The van der Waals surface area contributed by atoms with Crippen LogP contribution >= 0.6 is 15.9 Å². The van der Waals surface area contributed by atoms with E-state index in [2.05, 4.69) is 33.4 Å². The Morgan fingerprint density at radius 2 is 2.28 bits per heavy atom. The Morgan fingerprint density at radius 1 is 1.56 bits per heavy atom. The Balaban J connectivity index is 2.07. The molecule has 0 saturated heterocycles. The van der Waals surface area contributed by atoms with E-state index >= 15 is 0 Å². The predicted molar refractivity (Wildman–Crippen MR) is 76.1 cm³/mol. The predicted octanol–water partition coefficient (Wildman–Crippen LogP) is 2.68. The van der Waals surface area contributed by atoms with E-state index in [1.54, 1.807) is 0 Å². The molecule has 0 radical (unpaired) electrons. The highest BCUT2D eigenvalue weighted by Crippen LogP contribution is 2.46. The molecule has 1 aromatic rings. The van der Waals surface area contributed by atoms with Crippen molar-refractivity contribution in [2.45, 2.75) is 44.2 Å². The third kappa shape index (κ3) is 2.93. The molecule has 0 heterocycles. The summed E-state index contributed by atoms with van der Waals surface area (Å²) in [5.41, 5.74) is 6.84. The van der Waals surface area contributed by atoms with Crippen LogP contribution in [-0.4, -0.2) is 11.9 Å². The number of carbonyl (C=O) groups excluding carboxylic acids is 1. The van der Waals surface area contributed by atoms with E-state index in [-0.39, 0.29) is 17.5 Å². The molecule has 1 aliphatic carbocycles. The van der Waals surface area contributed by atoms with E-state index in [9.17, 15) is 4.79 Å². The van der Waals surface area contributed by atoms with Gasteiger partial charge in [0.15, 0.2) is 0 Å². The highest BCUT2D eigenvalue weighted by molar-refractivity contribution is 9.10. The zero-order chi connectivity index (χ0) is 13.2. The number of rotatable bonds is 5. The summed E-state index contributed by atoms with van der Waals surface area (Å²) in [6, 6.07) is 7.73. The molecule has 3 nitrogen and oxygen atoms in total. The average Bonchev–Trinajstić information content (AvgIpc) is 3.10. The molecule has 3 N–H and O–H groups in total. The van der Waals surface area contributed by atoms with Crippen molar-refractivity contribution in [2.75, 3.05) is 0 Å². The first-order chi connectivity index (χ1) is 8.57. The molecule has 0 aromatic heterocycles. The van der Waals surface area contributed by atoms with E-state index in [0.717, 1.165) is 35.7 Å². The average molecular weight is 311 g/mol. The minimum absolute atomic E-state index is 0.0330. The molecule has 1 saturated carbocycles. The highest BCUT2D eigenvalue weighted by atomic mass is 79.9. The fourth-order valence-corrected chi connectivity index (χ4v) is 2.57. The van der Waals surface area contributed by atoms with Crippen LogP contribution in [0.3, 0.4) is 0 Å². The molecule has 1 fully saturated rings. The topological polar surface area (TPSA) is 55.1 Å². The lowest BCUT2D eigenvalue weighted by Crippen LogP contribution is -2.45. The lowest BCUT2D eigenvalue weighted by molar-refractivity contribution is -0.123. The molecule has 1 amide bonds. The van der Waals surface area contributed by atoms with E-state index in [4.69, 9.17) is 5.73 Å². The second kappa shape index (κ2) is 5.41. The Morgan fingerprint density at radius 3 is 2.83 bits per heavy atom. The van der Waals surface area contributed by atoms with Gasteiger partial charge in [-0.05, 0) is 37.0 Å². The molecular formula is C14H19BrN2O. The minimum Gasteiger partial charge on any atom is -0.345 e. The molecule has 1 aromatic carbocycles. The molecule has 2 rings (SSSR count). The number of carbonyl (C=O) groups is 1. The van der Waals surface area contributed by atoms with Crippen LogP contribution in [0.5, 0.6) is 0 Å². The van der Waals surface area contributed by atoms with E-state index in [1.165, 1.54) is 0 Å². The van der Waals surface area contributed by atoms with Crippen LogP contribution in [0.1, 0.15) is 38.2 Å². The first-order valence-electron chi connectivity index (χ1n) is 6.41. The van der Waals surface area contributed by atoms with Gasteiger partial charge in [0.2, 0.25) is 5.91 Å². The maximum Gasteiger partial charge on any atom is 0.237 e. The molecule has 1 atom stereocenters. The van der Waals surface area contributed by atoms with Gasteiger partial charge in [0.25, 0.3) is 0 Å². The normalized spacial score (nSPS) is 18.2. The van der Waals surface area contributed by atoms with Crippen LogP contribution in [0.25, 0.3) is 0 Å². The lowest BCUT2D eigenvalue weighted by Gasteiger charge is -2.20. The van der Waals surface area contributed by atoms with Gasteiger partial charge in [0.05, 0.1) is 11.6 Å².